The molecule has 7 nitrogen and oxygen atoms in total. The Morgan fingerprint density at radius 3 is 2.84 bits per heavy atom. The molecule has 32 heavy (non-hydrogen) atoms. The first kappa shape index (κ1) is 22.8. The summed E-state index contributed by atoms with van der Waals surface area (Å²) in [5.41, 5.74) is 0.688. The van der Waals surface area contributed by atoms with E-state index in [2.05, 4.69) is 24.1 Å². The minimum Gasteiger partial charge on any atom is -0.382 e. The number of hydrogen-bond donors (Lipinski definition) is 1. The van der Waals surface area contributed by atoms with Gasteiger partial charge in [-0.1, -0.05) is 38.8 Å². The number of nitrogens with one attached hydrogen (secondary N) is 1. The highest BCUT2D eigenvalue weighted by Crippen LogP contribution is 2.33. The Morgan fingerprint density at radius 2 is 2.06 bits per heavy atom. The molecule has 1 aliphatic heterocycles. The van der Waals surface area contributed by atoms with Crippen LogP contribution < -0.4 is 5.32 Å². The van der Waals surface area contributed by atoms with Gasteiger partial charge in [-0.15, -0.1) is 0 Å². The van der Waals surface area contributed by atoms with Crippen molar-refractivity contribution in [2.24, 2.45) is 11.8 Å². The van der Waals surface area contributed by atoms with E-state index < -0.39 is 5.54 Å². The highest BCUT2D eigenvalue weighted by molar-refractivity contribution is 6.01. The molecule has 0 unspecified atom stereocenters. The monoisotopic (exact) mass is 440 g/mol. The summed E-state index contributed by atoms with van der Waals surface area (Å²) in [5.74, 6) is 1.16. The molecule has 7 heteroatoms. The summed E-state index contributed by atoms with van der Waals surface area (Å²) in [5, 5.41) is 3.33. The zero-order valence-corrected chi connectivity index (χ0v) is 19.8. The molecule has 174 valence electrons. The van der Waals surface area contributed by atoms with Crippen LogP contribution in [0, 0.1) is 11.8 Å². The maximum atomic E-state index is 13.8. The summed E-state index contributed by atoms with van der Waals surface area (Å²) < 4.78 is 7.41. The van der Waals surface area contributed by atoms with Crippen molar-refractivity contribution in [2.75, 3.05) is 19.8 Å². The first-order chi connectivity index (χ1) is 15.4. The maximum Gasteiger partial charge on any atom is 0.290 e. The molecule has 1 fully saturated rings. The van der Waals surface area contributed by atoms with Crippen LogP contribution >= 0.6 is 0 Å². The number of imidazole rings is 1. The molecule has 2 aromatic rings. The van der Waals surface area contributed by atoms with Crippen molar-refractivity contribution in [3.05, 3.63) is 30.1 Å². The summed E-state index contributed by atoms with van der Waals surface area (Å²) in [6, 6.07) is 7.88. The SMILES string of the molecule is CCOCCCN1C(=O)c2nc3ccccc3n2C[C@]1(C)C(=O)N[C@@H]1CCC[C@H](C)[C@@H]1C. The fourth-order valence-electron chi connectivity index (χ4n) is 5.26. The molecule has 2 heterocycles. The fourth-order valence-corrected chi connectivity index (χ4v) is 5.26. The van der Waals surface area contributed by atoms with Crippen molar-refractivity contribution < 1.29 is 14.3 Å². The van der Waals surface area contributed by atoms with Crippen LogP contribution in [0.1, 0.15) is 64.0 Å². The van der Waals surface area contributed by atoms with E-state index >= 15 is 0 Å². The summed E-state index contributed by atoms with van der Waals surface area (Å²) in [7, 11) is 0. The largest absolute Gasteiger partial charge is 0.382 e. The number of carbonyl (C=O) groups excluding carboxylic acids is 2. The molecule has 0 saturated heterocycles. The van der Waals surface area contributed by atoms with E-state index in [-0.39, 0.29) is 17.9 Å². The minimum absolute atomic E-state index is 0.0726. The third kappa shape index (κ3) is 4.03. The summed E-state index contributed by atoms with van der Waals surface area (Å²) in [6.45, 7) is 10.4. The molecular formula is C25H36N4O3. The van der Waals surface area contributed by atoms with E-state index in [4.69, 9.17) is 4.74 Å². The van der Waals surface area contributed by atoms with Crippen LogP contribution in [0.25, 0.3) is 11.0 Å². The molecule has 1 saturated carbocycles. The van der Waals surface area contributed by atoms with E-state index in [0.717, 1.165) is 23.9 Å². The molecule has 1 N–H and O–H groups in total. The summed E-state index contributed by atoms with van der Waals surface area (Å²) >= 11 is 0. The van der Waals surface area contributed by atoms with Crippen LogP contribution in [0.3, 0.4) is 0 Å². The van der Waals surface area contributed by atoms with Gasteiger partial charge in [-0.2, -0.15) is 0 Å². The molecule has 4 rings (SSSR count). The van der Waals surface area contributed by atoms with Gasteiger partial charge in [-0.25, -0.2) is 4.98 Å². The zero-order valence-electron chi connectivity index (χ0n) is 19.8. The number of rotatable bonds is 7. The Balaban J connectivity index is 1.65. The standard InChI is InChI=1S/C25H36N4O3/c1-5-32-15-9-14-29-23(30)22-26-20-11-6-7-13-21(20)28(22)16-25(29,4)24(31)27-19-12-8-10-17(2)18(19)3/h6-7,11,13,17-19H,5,8-10,12,14-16H2,1-4H3,(H,27,31)/t17-,18-,19+,25+/m0/s1. The van der Waals surface area contributed by atoms with Gasteiger partial charge in [-0.3, -0.25) is 9.59 Å². The number of fused-ring (bicyclic) bond motifs is 3. The zero-order chi connectivity index (χ0) is 22.9. The van der Waals surface area contributed by atoms with Crippen LogP contribution in [0.15, 0.2) is 24.3 Å². The van der Waals surface area contributed by atoms with Gasteiger partial charge in [0.25, 0.3) is 5.91 Å². The molecule has 1 aromatic carbocycles. The molecule has 2 amide bonds. The van der Waals surface area contributed by atoms with Gasteiger partial charge < -0.3 is 19.5 Å². The van der Waals surface area contributed by atoms with Crippen molar-refractivity contribution in [3.63, 3.8) is 0 Å². The molecule has 0 bridgehead atoms. The highest BCUT2D eigenvalue weighted by atomic mass is 16.5. The highest BCUT2D eigenvalue weighted by Gasteiger charge is 2.49. The first-order valence-corrected chi connectivity index (χ1v) is 12.0. The molecule has 1 aromatic heterocycles. The van der Waals surface area contributed by atoms with Crippen molar-refractivity contribution >= 4 is 22.8 Å². The predicted octanol–water partition coefficient (Wildman–Crippen LogP) is 3.62. The van der Waals surface area contributed by atoms with Gasteiger partial charge in [0.05, 0.1) is 17.6 Å². The average molecular weight is 441 g/mol. The van der Waals surface area contributed by atoms with Gasteiger partial charge >= 0.3 is 0 Å². The lowest BCUT2D eigenvalue weighted by atomic mass is 9.77. The Bertz CT molecular complexity index is 987. The average Bonchev–Trinajstić information content (AvgIpc) is 3.15. The fraction of sp³-hybridized carbons (Fsp3) is 0.640. The number of hydrogen-bond acceptors (Lipinski definition) is 4. The first-order valence-electron chi connectivity index (χ1n) is 12.0. The lowest BCUT2D eigenvalue weighted by Gasteiger charge is -2.45. The van der Waals surface area contributed by atoms with Crippen molar-refractivity contribution in [1.29, 1.82) is 0 Å². The van der Waals surface area contributed by atoms with Gasteiger partial charge in [0, 0.05) is 25.8 Å². The lowest BCUT2D eigenvalue weighted by molar-refractivity contribution is -0.134. The number of aromatic nitrogens is 2. The number of nitrogens with zero attached hydrogens (tertiary/aromatic N) is 3. The molecule has 1 aliphatic carbocycles. The van der Waals surface area contributed by atoms with Crippen molar-refractivity contribution in [3.8, 4) is 0 Å². The number of para-hydroxylation sites is 2. The van der Waals surface area contributed by atoms with Crippen LogP contribution in [0.4, 0.5) is 0 Å². The Kier molecular flexibility index (Phi) is 6.56. The molecular weight excluding hydrogens is 404 g/mol. The second-order valence-electron chi connectivity index (χ2n) is 9.64. The number of ether oxygens (including phenoxy) is 1. The van der Waals surface area contributed by atoms with Crippen LogP contribution in [-0.4, -0.2) is 57.6 Å². The molecule has 0 spiro atoms. The van der Waals surface area contributed by atoms with E-state index in [1.54, 1.807) is 4.90 Å². The number of carbonyl (C=O) groups is 2. The summed E-state index contributed by atoms with van der Waals surface area (Å²) in [4.78, 5) is 33.7. The minimum atomic E-state index is -0.986. The Hall–Kier alpha value is -2.41. The van der Waals surface area contributed by atoms with Crippen LogP contribution in [0.2, 0.25) is 0 Å². The topological polar surface area (TPSA) is 76.5 Å². The molecule has 0 radical (unpaired) electrons. The van der Waals surface area contributed by atoms with E-state index in [1.165, 1.54) is 6.42 Å². The predicted molar refractivity (Wildman–Crippen MR) is 124 cm³/mol. The molecule has 4 atom stereocenters. The Labute approximate surface area is 190 Å². The summed E-state index contributed by atoms with van der Waals surface area (Å²) in [6.07, 6.45) is 4.00. The van der Waals surface area contributed by atoms with E-state index in [0.29, 0.717) is 50.4 Å². The van der Waals surface area contributed by atoms with E-state index in [9.17, 15) is 9.59 Å². The lowest BCUT2D eigenvalue weighted by Crippen LogP contribution is -2.65. The van der Waals surface area contributed by atoms with E-state index in [1.807, 2.05) is 42.7 Å². The van der Waals surface area contributed by atoms with Crippen molar-refractivity contribution in [1.82, 2.24) is 19.8 Å². The third-order valence-corrected chi connectivity index (χ3v) is 7.54. The van der Waals surface area contributed by atoms with Crippen molar-refractivity contribution in [2.45, 2.75) is 71.5 Å². The quantitative estimate of drug-likeness (QED) is 0.667. The second kappa shape index (κ2) is 9.22. The maximum absolute atomic E-state index is 13.8. The van der Waals surface area contributed by atoms with Crippen LogP contribution in [-0.2, 0) is 16.1 Å². The second-order valence-corrected chi connectivity index (χ2v) is 9.64. The van der Waals surface area contributed by atoms with Gasteiger partial charge in [0.1, 0.15) is 5.54 Å². The molecule has 2 aliphatic rings. The number of amides is 2. The number of benzene rings is 1. The van der Waals surface area contributed by atoms with Gasteiger partial charge in [-0.05, 0) is 50.7 Å². The Morgan fingerprint density at radius 1 is 1.28 bits per heavy atom. The van der Waals surface area contributed by atoms with Gasteiger partial charge in [0.15, 0.2) is 5.82 Å². The third-order valence-electron chi connectivity index (χ3n) is 7.54. The van der Waals surface area contributed by atoms with Crippen LogP contribution in [0.5, 0.6) is 0 Å². The normalized spacial score (nSPS) is 28.1. The van der Waals surface area contributed by atoms with Gasteiger partial charge in [0.2, 0.25) is 5.91 Å². The smallest absolute Gasteiger partial charge is 0.290 e.